The van der Waals surface area contributed by atoms with Crippen molar-refractivity contribution in [3.63, 3.8) is 0 Å². The van der Waals surface area contributed by atoms with E-state index in [2.05, 4.69) is 30.9 Å². The van der Waals surface area contributed by atoms with E-state index in [4.69, 9.17) is 22.9 Å². The van der Waals surface area contributed by atoms with Crippen LogP contribution in [0.3, 0.4) is 0 Å². The number of carboxylic acid groups (broad SMARTS) is 1. The number of carbonyl (C=O) groups excluding carboxylic acids is 4. The minimum absolute atomic E-state index is 0.111. The van der Waals surface area contributed by atoms with Crippen molar-refractivity contribution in [3.8, 4) is 0 Å². The number of aromatic amines is 1. The lowest BCUT2D eigenvalue weighted by Gasteiger charge is -2.28. The molecular formula is C22H38N10O6. The van der Waals surface area contributed by atoms with Gasteiger partial charge in [-0.1, -0.05) is 20.3 Å². The second-order valence-corrected chi connectivity index (χ2v) is 8.84. The highest BCUT2D eigenvalue weighted by atomic mass is 16.4. The quantitative estimate of drug-likeness (QED) is 0.0543. The van der Waals surface area contributed by atoms with Crippen LogP contribution < -0.4 is 38.9 Å². The number of hydrogen-bond acceptors (Lipinski definition) is 8. The van der Waals surface area contributed by atoms with Crippen LogP contribution in [0.25, 0.3) is 0 Å². The summed E-state index contributed by atoms with van der Waals surface area (Å²) >= 11 is 0. The van der Waals surface area contributed by atoms with Crippen LogP contribution in [0.1, 0.15) is 45.2 Å². The Labute approximate surface area is 219 Å². The summed E-state index contributed by atoms with van der Waals surface area (Å²) in [6.45, 7) is 3.64. The number of carbonyl (C=O) groups is 5. The maximum atomic E-state index is 13.2. The Morgan fingerprint density at radius 1 is 1.05 bits per heavy atom. The Morgan fingerprint density at radius 3 is 2.24 bits per heavy atom. The van der Waals surface area contributed by atoms with Gasteiger partial charge in [-0.3, -0.25) is 24.2 Å². The largest absolute Gasteiger partial charge is 0.480 e. The van der Waals surface area contributed by atoms with Gasteiger partial charge in [0.15, 0.2) is 5.96 Å². The Kier molecular flexibility index (Phi) is 13.2. The molecule has 1 rings (SSSR count). The predicted octanol–water partition coefficient (Wildman–Crippen LogP) is -3.21. The molecule has 1 heterocycles. The Hall–Kier alpha value is -4.21. The number of aliphatic carboxylic acids is 1. The SMILES string of the molecule is CCC(C)C(NC(=O)C(CCCN=C(N)N)NC(=O)C(N)Cc1cnc[nH]1)C(=O)NC(CC(N)=O)C(=O)O. The van der Waals surface area contributed by atoms with E-state index >= 15 is 0 Å². The Balaban J connectivity index is 3.04. The molecule has 5 atom stereocenters. The molecule has 16 heteroatoms. The third kappa shape index (κ3) is 11.2. The molecule has 0 saturated heterocycles. The number of H-pyrrole nitrogens is 1. The number of imidazole rings is 1. The maximum absolute atomic E-state index is 13.2. The van der Waals surface area contributed by atoms with Gasteiger partial charge in [0.05, 0.1) is 18.8 Å². The van der Waals surface area contributed by atoms with Gasteiger partial charge in [0, 0.05) is 24.9 Å². The summed E-state index contributed by atoms with van der Waals surface area (Å²) in [6.07, 6.45) is 3.35. The van der Waals surface area contributed by atoms with E-state index in [9.17, 15) is 29.1 Å². The third-order valence-electron chi connectivity index (χ3n) is 5.72. The molecule has 0 spiro atoms. The number of nitrogens with two attached hydrogens (primary N) is 4. The second-order valence-electron chi connectivity index (χ2n) is 8.84. The Morgan fingerprint density at radius 2 is 1.71 bits per heavy atom. The van der Waals surface area contributed by atoms with Gasteiger partial charge in [-0.05, 0) is 18.8 Å². The van der Waals surface area contributed by atoms with Gasteiger partial charge in [-0.25, -0.2) is 9.78 Å². The monoisotopic (exact) mass is 538 g/mol. The molecular weight excluding hydrogens is 500 g/mol. The molecule has 0 fully saturated rings. The molecule has 0 saturated carbocycles. The predicted molar refractivity (Wildman–Crippen MR) is 137 cm³/mol. The summed E-state index contributed by atoms with van der Waals surface area (Å²) in [5.74, 6) is -5.06. The molecule has 38 heavy (non-hydrogen) atoms. The first-order valence-corrected chi connectivity index (χ1v) is 12.1. The molecule has 212 valence electrons. The van der Waals surface area contributed by atoms with Crippen molar-refractivity contribution in [1.82, 2.24) is 25.9 Å². The summed E-state index contributed by atoms with van der Waals surface area (Å²) in [5.41, 5.74) is 22.4. The first-order chi connectivity index (χ1) is 17.8. The van der Waals surface area contributed by atoms with Crippen molar-refractivity contribution in [2.75, 3.05) is 6.54 Å². The highest BCUT2D eigenvalue weighted by Crippen LogP contribution is 2.11. The van der Waals surface area contributed by atoms with Gasteiger partial charge in [-0.15, -0.1) is 0 Å². The van der Waals surface area contributed by atoms with Crippen LogP contribution in [0.4, 0.5) is 0 Å². The summed E-state index contributed by atoms with van der Waals surface area (Å²) < 4.78 is 0. The number of rotatable bonds is 17. The van der Waals surface area contributed by atoms with Crippen LogP contribution >= 0.6 is 0 Å². The molecule has 13 N–H and O–H groups in total. The highest BCUT2D eigenvalue weighted by molar-refractivity contribution is 5.95. The van der Waals surface area contributed by atoms with Crippen LogP contribution in [0.5, 0.6) is 0 Å². The van der Waals surface area contributed by atoms with Crippen LogP contribution in [-0.2, 0) is 30.4 Å². The minimum atomic E-state index is -1.57. The highest BCUT2D eigenvalue weighted by Gasteiger charge is 2.33. The lowest BCUT2D eigenvalue weighted by atomic mass is 9.97. The van der Waals surface area contributed by atoms with Crippen LogP contribution in [0, 0.1) is 5.92 Å². The molecule has 0 aliphatic rings. The van der Waals surface area contributed by atoms with Crippen LogP contribution in [0.15, 0.2) is 17.5 Å². The van der Waals surface area contributed by atoms with Crippen molar-refractivity contribution >= 4 is 35.6 Å². The molecule has 5 unspecified atom stereocenters. The second kappa shape index (κ2) is 15.8. The Bertz CT molecular complexity index is 979. The number of hydrogen-bond donors (Lipinski definition) is 9. The van der Waals surface area contributed by atoms with Gasteiger partial charge in [-0.2, -0.15) is 0 Å². The molecule has 1 aromatic rings. The number of aliphatic imine (C=N–C) groups is 1. The fourth-order valence-electron chi connectivity index (χ4n) is 3.40. The van der Waals surface area contributed by atoms with Gasteiger partial charge in [0.25, 0.3) is 0 Å². The molecule has 4 amide bonds. The lowest BCUT2D eigenvalue weighted by Crippen LogP contribution is -2.59. The average molecular weight is 539 g/mol. The standard InChI is InChI=1S/C22H38N10O6/c1-3-11(2)17(20(36)31-15(21(37)38)8-16(24)33)32-19(35)14(5-4-6-28-22(25)26)30-18(34)13(23)7-12-9-27-10-29-12/h9-11,13-15,17H,3-8,23H2,1-2H3,(H2,24,33)(H,27,29)(H,30,34)(H,31,36)(H,32,35)(H,37,38)(H4,25,26,28). The van der Waals surface area contributed by atoms with E-state index in [1.165, 1.54) is 12.5 Å². The van der Waals surface area contributed by atoms with Crippen molar-refractivity contribution in [1.29, 1.82) is 0 Å². The summed E-state index contributed by atoms with van der Waals surface area (Å²) in [7, 11) is 0. The molecule has 0 radical (unpaired) electrons. The van der Waals surface area contributed by atoms with Crippen molar-refractivity contribution < 1.29 is 29.1 Å². The van der Waals surface area contributed by atoms with E-state index in [0.29, 0.717) is 18.5 Å². The number of nitrogens with one attached hydrogen (secondary N) is 4. The van der Waals surface area contributed by atoms with Crippen LogP contribution in [0.2, 0.25) is 0 Å². The molecule has 0 bridgehead atoms. The topological polar surface area (TPSA) is 287 Å². The third-order valence-corrected chi connectivity index (χ3v) is 5.72. The van der Waals surface area contributed by atoms with Gasteiger partial charge in [0.2, 0.25) is 23.6 Å². The van der Waals surface area contributed by atoms with E-state index < -0.39 is 66.1 Å². The summed E-state index contributed by atoms with van der Waals surface area (Å²) in [5, 5.41) is 16.7. The molecule has 0 aliphatic carbocycles. The van der Waals surface area contributed by atoms with Crippen molar-refractivity contribution in [3.05, 3.63) is 18.2 Å². The van der Waals surface area contributed by atoms with Gasteiger partial charge >= 0.3 is 5.97 Å². The number of carboxylic acids is 1. The zero-order chi connectivity index (χ0) is 28.8. The van der Waals surface area contributed by atoms with Gasteiger partial charge < -0.3 is 49.0 Å². The number of aromatic nitrogens is 2. The fourth-order valence-corrected chi connectivity index (χ4v) is 3.40. The van der Waals surface area contributed by atoms with E-state index in [-0.39, 0.29) is 25.3 Å². The van der Waals surface area contributed by atoms with Crippen molar-refractivity contribution in [2.24, 2.45) is 33.8 Å². The number of guanidine groups is 1. The summed E-state index contributed by atoms with van der Waals surface area (Å²) in [6, 6.07) is -4.84. The van der Waals surface area contributed by atoms with Crippen LogP contribution in [-0.4, -0.2) is 81.3 Å². The average Bonchev–Trinajstić information content (AvgIpc) is 3.35. The number of nitrogens with zero attached hydrogens (tertiary/aromatic N) is 2. The number of amides is 4. The first kappa shape index (κ1) is 31.8. The zero-order valence-corrected chi connectivity index (χ0v) is 21.5. The van der Waals surface area contributed by atoms with E-state index in [0.717, 1.165) is 0 Å². The first-order valence-electron chi connectivity index (χ1n) is 12.1. The lowest BCUT2D eigenvalue weighted by molar-refractivity contribution is -0.144. The smallest absolute Gasteiger partial charge is 0.326 e. The maximum Gasteiger partial charge on any atom is 0.326 e. The zero-order valence-electron chi connectivity index (χ0n) is 21.5. The molecule has 0 aromatic carbocycles. The molecule has 1 aromatic heterocycles. The van der Waals surface area contributed by atoms with Crippen molar-refractivity contribution in [2.45, 2.75) is 70.1 Å². The molecule has 0 aliphatic heterocycles. The summed E-state index contributed by atoms with van der Waals surface area (Å²) in [4.78, 5) is 72.2. The normalized spacial score (nSPS) is 14.7. The van der Waals surface area contributed by atoms with E-state index in [1.54, 1.807) is 13.8 Å². The molecule has 16 nitrogen and oxygen atoms in total. The minimum Gasteiger partial charge on any atom is -0.480 e. The fraction of sp³-hybridized carbons (Fsp3) is 0.591. The van der Waals surface area contributed by atoms with Gasteiger partial charge in [0.1, 0.15) is 18.1 Å². The van der Waals surface area contributed by atoms with E-state index in [1.807, 2.05) is 0 Å². The number of primary amides is 1.